The van der Waals surface area contributed by atoms with Crippen molar-refractivity contribution in [1.82, 2.24) is 34.4 Å². The van der Waals surface area contributed by atoms with Crippen LogP contribution < -0.4 is 5.32 Å². The molecule has 0 radical (unpaired) electrons. The van der Waals surface area contributed by atoms with Crippen molar-refractivity contribution in [3.8, 4) is 11.4 Å². The second-order valence-electron chi connectivity index (χ2n) is 8.90. The van der Waals surface area contributed by atoms with Gasteiger partial charge in [-0.15, -0.1) is 0 Å². The van der Waals surface area contributed by atoms with Gasteiger partial charge in [-0.3, -0.25) is 4.79 Å². The number of nitrogens with zero attached hydrogens (tertiary/aromatic N) is 7. The van der Waals surface area contributed by atoms with Crippen LogP contribution in [0.4, 0.5) is 5.82 Å². The molecule has 3 atom stereocenters. The SMILES string of the molecule is CC[C@@H](Nc1ncnc2c1nc(-c1cnc(C)nc1)n2CC)C(=O)N1C[C@@H]2CCS(=O)(=O)[C@H]2C1. The Balaban J connectivity index is 1.43. The van der Waals surface area contributed by atoms with Gasteiger partial charge in [-0.25, -0.2) is 33.3 Å². The summed E-state index contributed by atoms with van der Waals surface area (Å²) < 4.78 is 26.6. The molecule has 1 amide bonds. The summed E-state index contributed by atoms with van der Waals surface area (Å²) >= 11 is 0. The fourth-order valence-electron chi connectivity index (χ4n) is 4.97. The minimum absolute atomic E-state index is 0.0387. The van der Waals surface area contributed by atoms with Gasteiger partial charge in [0.15, 0.2) is 26.8 Å². The number of sulfone groups is 1. The standard InChI is InChI=1S/C22H28N8O3S/c1-4-16(22(31)29-10-14-6-7-34(32,33)17(14)11-29)27-19-18-21(26-12-25-19)30(5-2)20(28-18)15-8-23-13(3)24-9-15/h8-9,12,14,16-17H,4-7,10-11H2,1-3H3,(H,25,26,27)/t14-,16+,17-/m0/s1. The quantitative estimate of drug-likeness (QED) is 0.551. The number of likely N-dealkylation sites (tertiary alicyclic amines) is 1. The van der Waals surface area contributed by atoms with Gasteiger partial charge in [-0.1, -0.05) is 6.92 Å². The topological polar surface area (TPSA) is 136 Å². The predicted molar refractivity (Wildman–Crippen MR) is 127 cm³/mol. The Morgan fingerprint density at radius 2 is 1.94 bits per heavy atom. The Labute approximate surface area is 198 Å². The maximum atomic E-state index is 13.3. The summed E-state index contributed by atoms with van der Waals surface area (Å²) in [6, 6.07) is -0.544. The summed E-state index contributed by atoms with van der Waals surface area (Å²) in [5, 5.41) is 2.83. The minimum Gasteiger partial charge on any atom is -0.356 e. The molecule has 12 heteroatoms. The lowest BCUT2D eigenvalue weighted by Gasteiger charge is -2.24. The summed E-state index contributed by atoms with van der Waals surface area (Å²) in [6.45, 7) is 7.14. The first kappa shape index (κ1) is 22.6. The van der Waals surface area contributed by atoms with Crippen LogP contribution in [0.3, 0.4) is 0 Å². The smallest absolute Gasteiger partial charge is 0.245 e. The molecular weight excluding hydrogens is 456 g/mol. The van der Waals surface area contributed by atoms with E-state index in [1.807, 2.05) is 25.3 Å². The van der Waals surface area contributed by atoms with Crippen molar-refractivity contribution >= 4 is 32.7 Å². The molecule has 0 aromatic carbocycles. The second kappa shape index (κ2) is 8.57. The monoisotopic (exact) mass is 484 g/mol. The van der Waals surface area contributed by atoms with Crippen LogP contribution in [0.15, 0.2) is 18.7 Å². The van der Waals surface area contributed by atoms with Gasteiger partial charge in [0.25, 0.3) is 0 Å². The van der Waals surface area contributed by atoms with Gasteiger partial charge in [-0.2, -0.15) is 0 Å². The molecule has 3 aromatic rings. The number of aryl methyl sites for hydroxylation is 2. The zero-order valence-electron chi connectivity index (χ0n) is 19.5. The fourth-order valence-corrected chi connectivity index (χ4v) is 7.12. The number of anilines is 1. The molecule has 2 aliphatic rings. The number of fused-ring (bicyclic) bond motifs is 2. The molecule has 2 fully saturated rings. The van der Waals surface area contributed by atoms with Gasteiger partial charge in [0, 0.05) is 32.0 Å². The molecule has 3 aromatic heterocycles. The Hall–Kier alpha value is -3.15. The highest BCUT2D eigenvalue weighted by molar-refractivity contribution is 7.92. The summed E-state index contributed by atoms with van der Waals surface area (Å²) in [6.07, 6.45) is 6.07. The van der Waals surface area contributed by atoms with E-state index in [0.29, 0.717) is 54.6 Å². The van der Waals surface area contributed by atoms with Crippen LogP contribution in [-0.2, 0) is 21.2 Å². The fraction of sp³-hybridized carbons (Fsp3) is 0.545. The molecule has 11 nitrogen and oxygen atoms in total. The first-order chi connectivity index (χ1) is 16.3. The third-order valence-corrected chi connectivity index (χ3v) is 9.09. The van der Waals surface area contributed by atoms with Crippen molar-refractivity contribution in [3.63, 3.8) is 0 Å². The maximum absolute atomic E-state index is 13.3. The number of imidazole rings is 1. The molecule has 0 bridgehead atoms. The van der Waals surface area contributed by atoms with Gasteiger partial charge in [-0.05, 0) is 32.6 Å². The molecular formula is C22H28N8O3S. The highest BCUT2D eigenvalue weighted by Gasteiger charge is 2.48. The third-order valence-electron chi connectivity index (χ3n) is 6.83. The van der Waals surface area contributed by atoms with Gasteiger partial charge >= 0.3 is 0 Å². The molecule has 2 aliphatic heterocycles. The van der Waals surface area contributed by atoms with Crippen LogP contribution in [0.1, 0.15) is 32.5 Å². The van der Waals surface area contributed by atoms with E-state index in [2.05, 4.69) is 25.3 Å². The number of carbonyl (C=O) groups is 1. The van der Waals surface area contributed by atoms with Crippen LogP contribution in [0, 0.1) is 12.8 Å². The lowest BCUT2D eigenvalue weighted by Crippen LogP contribution is -2.42. The Morgan fingerprint density at radius 3 is 2.62 bits per heavy atom. The molecule has 0 aliphatic carbocycles. The third kappa shape index (κ3) is 3.79. The van der Waals surface area contributed by atoms with Crippen molar-refractivity contribution in [2.75, 3.05) is 24.2 Å². The molecule has 0 spiro atoms. The van der Waals surface area contributed by atoms with Crippen molar-refractivity contribution in [1.29, 1.82) is 0 Å². The summed E-state index contributed by atoms with van der Waals surface area (Å²) in [5.41, 5.74) is 1.98. The van der Waals surface area contributed by atoms with Gasteiger partial charge in [0.2, 0.25) is 5.91 Å². The molecule has 2 saturated heterocycles. The zero-order valence-corrected chi connectivity index (χ0v) is 20.3. The Morgan fingerprint density at radius 1 is 1.18 bits per heavy atom. The number of amides is 1. The van der Waals surface area contributed by atoms with E-state index in [9.17, 15) is 13.2 Å². The largest absolute Gasteiger partial charge is 0.356 e. The van der Waals surface area contributed by atoms with Crippen molar-refractivity contribution in [2.45, 2.75) is 51.4 Å². The van der Waals surface area contributed by atoms with Gasteiger partial charge in [0.05, 0.1) is 16.6 Å². The van der Waals surface area contributed by atoms with Crippen LogP contribution in [0.2, 0.25) is 0 Å². The number of hydrogen-bond donors (Lipinski definition) is 1. The normalized spacial score (nSPS) is 22.1. The van der Waals surface area contributed by atoms with Crippen molar-refractivity contribution < 1.29 is 13.2 Å². The predicted octanol–water partition coefficient (Wildman–Crippen LogP) is 1.45. The first-order valence-electron chi connectivity index (χ1n) is 11.6. The number of hydrogen-bond acceptors (Lipinski definition) is 9. The maximum Gasteiger partial charge on any atom is 0.245 e. The molecule has 34 heavy (non-hydrogen) atoms. The van der Waals surface area contributed by atoms with E-state index in [4.69, 9.17) is 4.98 Å². The van der Waals surface area contributed by atoms with E-state index in [1.165, 1.54) is 6.33 Å². The average Bonchev–Trinajstić information content (AvgIpc) is 3.50. The van der Waals surface area contributed by atoms with Crippen LogP contribution in [0.25, 0.3) is 22.6 Å². The number of rotatable bonds is 6. The molecule has 1 N–H and O–H groups in total. The van der Waals surface area contributed by atoms with E-state index >= 15 is 0 Å². The lowest BCUT2D eigenvalue weighted by molar-refractivity contribution is -0.131. The number of nitrogens with one attached hydrogen (secondary N) is 1. The summed E-state index contributed by atoms with van der Waals surface area (Å²) in [5.74, 6) is 1.98. The van der Waals surface area contributed by atoms with Crippen LogP contribution in [0.5, 0.6) is 0 Å². The molecule has 180 valence electrons. The summed E-state index contributed by atoms with van der Waals surface area (Å²) in [7, 11) is -3.10. The van der Waals surface area contributed by atoms with E-state index in [0.717, 1.165) is 5.56 Å². The van der Waals surface area contributed by atoms with E-state index in [-0.39, 0.29) is 24.1 Å². The Bertz CT molecular complexity index is 1340. The molecule has 0 unspecified atom stereocenters. The Kier molecular flexibility index (Phi) is 5.70. The van der Waals surface area contributed by atoms with Gasteiger partial charge in [0.1, 0.15) is 24.0 Å². The highest BCUT2D eigenvalue weighted by Crippen LogP contribution is 2.34. The summed E-state index contributed by atoms with van der Waals surface area (Å²) in [4.78, 5) is 37.2. The van der Waals surface area contributed by atoms with Crippen LogP contribution in [-0.4, -0.2) is 78.8 Å². The van der Waals surface area contributed by atoms with Gasteiger partial charge < -0.3 is 14.8 Å². The van der Waals surface area contributed by atoms with E-state index in [1.54, 1.807) is 17.3 Å². The molecule has 0 saturated carbocycles. The number of carbonyl (C=O) groups excluding carboxylic acids is 1. The van der Waals surface area contributed by atoms with Crippen LogP contribution >= 0.6 is 0 Å². The van der Waals surface area contributed by atoms with Crippen molar-refractivity contribution in [2.24, 2.45) is 5.92 Å². The lowest BCUT2D eigenvalue weighted by atomic mass is 10.1. The highest BCUT2D eigenvalue weighted by atomic mass is 32.2. The zero-order chi connectivity index (χ0) is 24.0. The minimum atomic E-state index is -3.10. The van der Waals surface area contributed by atoms with E-state index < -0.39 is 21.1 Å². The van der Waals surface area contributed by atoms with Crippen molar-refractivity contribution in [3.05, 3.63) is 24.5 Å². The number of aromatic nitrogens is 6. The molecule has 5 heterocycles. The first-order valence-corrected chi connectivity index (χ1v) is 13.3. The molecule has 5 rings (SSSR count). The average molecular weight is 485 g/mol. The second-order valence-corrected chi connectivity index (χ2v) is 11.2.